The summed E-state index contributed by atoms with van der Waals surface area (Å²) in [5.41, 5.74) is 0. The van der Waals surface area contributed by atoms with Crippen LogP contribution in [-0.2, 0) is 0 Å². The van der Waals surface area contributed by atoms with E-state index in [1.54, 1.807) is 0 Å². The summed E-state index contributed by atoms with van der Waals surface area (Å²) in [7, 11) is 0. The molecule has 0 nitrogen and oxygen atoms in total. The number of allylic oxidation sites excluding steroid dienone is 2. The Balaban J connectivity index is 3.03. The third kappa shape index (κ3) is 1.12. The molecule has 1 rings (SSSR count). The number of hydrogen-bond donors (Lipinski definition) is 0. The molecule has 0 aromatic carbocycles. The topological polar surface area (TPSA) is 0 Å². The van der Waals surface area contributed by atoms with Crippen LogP contribution in [0.4, 0.5) is 8.78 Å². The summed E-state index contributed by atoms with van der Waals surface area (Å²) >= 11 is -1.11. The van der Waals surface area contributed by atoms with E-state index in [0.717, 1.165) is 0 Å². The number of halogens is 2. The minimum atomic E-state index is -1.11. The number of hydrogen-bond acceptors (Lipinski definition) is 0. The van der Waals surface area contributed by atoms with Gasteiger partial charge in [-0.15, -0.1) is 0 Å². The standard InChI is InChI=1S/C4H2F2Ge/c5-3-1-2-4(6)7-3/h1-2H. The van der Waals surface area contributed by atoms with Crippen LogP contribution in [0.25, 0.3) is 0 Å². The first-order valence-corrected chi connectivity index (χ1v) is 3.89. The van der Waals surface area contributed by atoms with Gasteiger partial charge in [-0.25, -0.2) is 0 Å². The van der Waals surface area contributed by atoms with Gasteiger partial charge in [0, 0.05) is 0 Å². The fourth-order valence-electron chi connectivity index (χ4n) is 0.344. The van der Waals surface area contributed by atoms with E-state index in [0.29, 0.717) is 0 Å². The van der Waals surface area contributed by atoms with Crippen molar-refractivity contribution in [2.45, 2.75) is 0 Å². The first-order valence-electron chi connectivity index (χ1n) is 1.79. The molecule has 0 aromatic heterocycles. The van der Waals surface area contributed by atoms with Gasteiger partial charge in [0.05, 0.1) is 0 Å². The van der Waals surface area contributed by atoms with E-state index in [1.165, 1.54) is 12.2 Å². The van der Waals surface area contributed by atoms with E-state index >= 15 is 0 Å². The Morgan fingerprint density at radius 1 is 1.14 bits per heavy atom. The zero-order valence-corrected chi connectivity index (χ0v) is 5.51. The predicted molar refractivity (Wildman–Crippen MR) is 27.1 cm³/mol. The van der Waals surface area contributed by atoms with E-state index in [1.807, 2.05) is 0 Å². The molecule has 0 bridgehead atoms. The van der Waals surface area contributed by atoms with Gasteiger partial charge in [-0.1, -0.05) is 0 Å². The van der Waals surface area contributed by atoms with E-state index in [2.05, 4.69) is 0 Å². The molecule has 1 aliphatic rings. The van der Waals surface area contributed by atoms with E-state index in [9.17, 15) is 8.78 Å². The monoisotopic (exact) mass is 162 g/mol. The van der Waals surface area contributed by atoms with Crippen molar-refractivity contribution < 1.29 is 8.78 Å². The Morgan fingerprint density at radius 3 is 1.71 bits per heavy atom. The number of rotatable bonds is 0. The van der Waals surface area contributed by atoms with Gasteiger partial charge in [0.2, 0.25) is 0 Å². The summed E-state index contributed by atoms with van der Waals surface area (Å²) in [5, 5.41) is 0. The second-order valence-corrected chi connectivity index (χ2v) is 3.68. The molecule has 0 aromatic rings. The summed E-state index contributed by atoms with van der Waals surface area (Å²) in [6.45, 7) is 0. The van der Waals surface area contributed by atoms with Crippen LogP contribution in [-0.4, -0.2) is 23.8 Å². The molecule has 0 N–H and O–H groups in total. The Morgan fingerprint density at radius 2 is 1.57 bits per heavy atom. The van der Waals surface area contributed by atoms with Crippen molar-refractivity contribution in [2.75, 3.05) is 0 Å². The molecule has 1 aliphatic heterocycles. The Kier molecular flexibility index (Phi) is 1.28. The zero-order valence-electron chi connectivity index (χ0n) is 3.41. The fourth-order valence-corrected chi connectivity index (χ4v) is 1.52. The first kappa shape index (κ1) is 5.03. The zero-order chi connectivity index (χ0) is 5.28. The van der Waals surface area contributed by atoms with E-state index in [4.69, 9.17) is 0 Å². The first-order chi connectivity index (χ1) is 3.29. The fraction of sp³-hybridized carbons (Fsp3) is 0. The van der Waals surface area contributed by atoms with Gasteiger partial charge in [0.15, 0.2) is 0 Å². The molecule has 0 unspecified atom stereocenters. The van der Waals surface area contributed by atoms with Gasteiger partial charge < -0.3 is 0 Å². The predicted octanol–water partition coefficient (Wildman–Crippen LogP) is 0.459. The molecule has 1 heterocycles. The van der Waals surface area contributed by atoms with Crippen LogP contribution >= 0.6 is 0 Å². The summed E-state index contributed by atoms with van der Waals surface area (Å²) < 4.78 is 23.1. The summed E-state index contributed by atoms with van der Waals surface area (Å²) in [6, 6.07) is 0. The normalized spacial score (nSPS) is 16.9. The average Bonchev–Trinajstić information content (AvgIpc) is 1.87. The molecule has 3 heteroatoms. The van der Waals surface area contributed by atoms with Crippen molar-refractivity contribution in [2.24, 2.45) is 0 Å². The molecule has 0 atom stereocenters. The molecule has 0 saturated carbocycles. The van der Waals surface area contributed by atoms with Gasteiger partial charge in [0.25, 0.3) is 0 Å². The second kappa shape index (κ2) is 1.78. The van der Waals surface area contributed by atoms with Crippen LogP contribution in [0.1, 0.15) is 0 Å². The van der Waals surface area contributed by atoms with Crippen molar-refractivity contribution in [3.63, 3.8) is 0 Å². The van der Waals surface area contributed by atoms with Gasteiger partial charge in [-0.2, -0.15) is 0 Å². The Hall–Kier alpha value is -0.117. The molecule has 7 heavy (non-hydrogen) atoms. The van der Waals surface area contributed by atoms with Crippen LogP contribution in [0, 0.1) is 0 Å². The van der Waals surface area contributed by atoms with Crippen molar-refractivity contribution >= 4 is 23.8 Å². The van der Waals surface area contributed by atoms with Crippen LogP contribution in [0.2, 0.25) is 0 Å². The molecule has 0 fully saturated rings. The van der Waals surface area contributed by atoms with Crippen LogP contribution in [0.3, 0.4) is 0 Å². The summed E-state index contributed by atoms with van der Waals surface area (Å²) in [6.07, 6.45) is 2.38. The molecule has 0 radical (unpaired) electrons. The van der Waals surface area contributed by atoms with Gasteiger partial charge in [0.1, 0.15) is 0 Å². The minimum absolute atomic E-state index is 0.266. The van der Waals surface area contributed by atoms with E-state index in [-0.39, 0.29) is 9.21 Å². The molecule has 0 saturated heterocycles. The molecule has 0 amide bonds. The van der Waals surface area contributed by atoms with E-state index < -0.39 is 14.6 Å². The van der Waals surface area contributed by atoms with Crippen molar-refractivity contribution in [1.82, 2.24) is 0 Å². The average molecular weight is 161 g/mol. The molecule has 0 aliphatic carbocycles. The molecule has 36 valence electrons. The SMILES string of the molecule is F[C]1=[Ge]=[C](F)C=C1. The Labute approximate surface area is 45.4 Å². The van der Waals surface area contributed by atoms with Crippen molar-refractivity contribution in [1.29, 1.82) is 0 Å². The summed E-state index contributed by atoms with van der Waals surface area (Å²) in [4.78, 5) is 0. The molecular formula is C4H2F2Ge. The third-order valence-corrected chi connectivity index (χ3v) is 2.32. The maximum atomic E-state index is 11.8. The maximum absolute atomic E-state index is 11.8. The van der Waals surface area contributed by atoms with Gasteiger partial charge in [-0.3, -0.25) is 0 Å². The van der Waals surface area contributed by atoms with Gasteiger partial charge >= 0.3 is 44.7 Å². The second-order valence-electron chi connectivity index (χ2n) is 1.15. The molecule has 0 spiro atoms. The Bertz CT molecular complexity index is 158. The van der Waals surface area contributed by atoms with Crippen LogP contribution < -0.4 is 0 Å². The van der Waals surface area contributed by atoms with Crippen LogP contribution in [0.5, 0.6) is 0 Å². The van der Waals surface area contributed by atoms with Crippen molar-refractivity contribution in [3.8, 4) is 0 Å². The quantitative estimate of drug-likeness (QED) is 0.452. The van der Waals surface area contributed by atoms with Crippen LogP contribution in [0.15, 0.2) is 12.2 Å². The summed E-state index contributed by atoms with van der Waals surface area (Å²) in [5.74, 6) is 0. The van der Waals surface area contributed by atoms with Crippen molar-refractivity contribution in [3.05, 3.63) is 12.2 Å². The van der Waals surface area contributed by atoms with Gasteiger partial charge in [-0.05, 0) is 0 Å². The third-order valence-electron chi connectivity index (χ3n) is 0.615. The molecular weight excluding hydrogens is 159 g/mol.